The molecule has 1 heterocycles. The molecular formula is C19H20N2O2. The highest BCUT2D eigenvalue weighted by molar-refractivity contribution is 5.94. The fraction of sp³-hybridized carbons (Fsp3) is 0.263. The van der Waals surface area contributed by atoms with Crippen molar-refractivity contribution in [2.24, 2.45) is 5.16 Å². The van der Waals surface area contributed by atoms with Crippen molar-refractivity contribution in [2.45, 2.75) is 32.7 Å². The predicted molar refractivity (Wildman–Crippen MR) is 92.2 cm³/mol. The van der Waals surface area contributed by atoms with Gasteiger partial charge in [-0.1, -0.05) is 35.5 Å². The summed E-state index contributed by atoms with van der Waals surface area (Å²) in [5, 5.41) is 11.6. The molecule has 1 atom stereocenters. The Labute approximate surface area is 136 Å². The lowest BCUT2D eigenvalue weighted by molar-refractivity contribution is -0.117. The molecule has 0 aromatic heterocycles. The third kappa shape index (κ3) is 2.97. The first-order valence-corrected chi connectivity index (χ1v) is 7.80. The fourth-order valence-corrected chi connectivity index (χ4v) is 3.24. The van der Waals surface area contributed by atoms with Crippen LogP contribution in [0.2, 0.25) is 0 Å². The second-order valence-electron chi connectivity index (χ2n) is 5.99. The molecule has 1 aliphatic rings. The van der Waals surface area contributed by atoms with Crippen LogP contribution in [0, 0.1) is 0 Å². The largest absolute Gasteiger partial charge is 0.411 e. The molecule has 2 aromatic carbocycles. The van der Waals surface area contributed by atoms with Crippen LogP contribution in [0.25, 0.3) is 11.1 Å². The van der Waals surface area contributed by atoms with Gasteiger partial charge in [-0.15, -0.1) is 0 Å². The first kappa shape index (κ1) is 15.3. The number of nitrogens with zero attached hydrogens (tertiary/aromatic N) is 2. The zero-order valence-electron chi connectivity index (χ0n) is 13.4. The molecule has 1 amide bonds. The fourth-order valence-electron chi connectivity index (χ4n) is 3.24. The number of aryl methyl sites for hydroxylation is 1. The molecule has 2 aromatic rings. The molecule has 0 bridgehead atoms. The van der Waals surface area contributed by atoms with Crippen LogP contribution < -0.4 is 4.90 Å². The van der Waals surface area contributed by atoms with Gasteiger partial charge in [-0.05, 0) is 54.2 Å². The summed E-state index contributed by atoms with van der Waals surface area (Å²) in [4.78, 5) is 13.8. The number of carbonyl (C=O) groups excluding carboxylic acids is 1. The number of hydrogen-bond acceptors (Lipinski definition) is 3. The summed E-state index contributed by atoms with van der Waals surface area (Å²) in [6.07, 6.45) is 3.38. The standard InChI is InChI=1S/C19H20N2O2/c1-13-3-6-18-11-17(9-10-19(18)21(13)14(2)22)16-7-4-15(5-8-16)12-20-23/h4-5,7-13,23H,3,6H2,1-2H3/t13-/m0/s1. The predicted octanol–water partition coefficient (Wildman–Crippen LogP) is 3.85. The number of amides is 1. The van der Waals surface area contributed by atoms with Crippen molar-refractivity contribution >= 4 is 17.8 Å². The minimum absolute atomic E-state index is 0.0962. The lowest BCUT2D eigenvalue weighted by atomic mass is 9.93. The Bertz CT molecular complexity index is 750. The second-order valence-corrected chi connectivity index (χ2v) is 5.99. The van der Waals surface area contributed by atoms with Gasteiger partial charge in [0.15, 0.2) is 0 Å². The maximum absolute atomic E-state index is 11.9. The normalized spacial score (nSPS) is 17.3. The van der Waals surface area contributed by atoms with Gasteiger partial charge in [-0.3, -0.25) is 4.79 Å². The summed E-state index contributed by atoms with van der Waals surface area (Å²) in [5.41, 5.74) is 5.34. The molecular weight excluding hydrogens is 288 g/mol. The van der Waals surface area contributed by atoms with Gasteiger partial charge in [0.2, 0.25) is 5.91 Å². The molecule has 4 heteroatoms. The maximum atomic E-state index is 11.9. The summed E-state index contributed by atoms with van der Waals surface area (Å²) >= 11 is 0. The molecule has 0 saturated carbocycles. The highest BCUT2D eigenvalue weighted by Crippen LogP contribution is 2.34. The monoisotopic (exact) mass is 308 g/mol. The van der Waals surface area contributed by atoms with Gasteiger partial charge in [0.1, 0.15) is 0 Å². The maximum Gasteiger partial charge on any atom is 0.224 e. The molecule has 0 radical (unpaired) electrons. The lowest BCUT2D eigenvalue weighted by Gasteiger charge is -2.34. The SMILES string of the molecule is CC(=O)N1c2ccc(-c3ccc(C=NO)cc3)cc2CC[C@@H]1C. The molecule has 118 valence electrons. The molecule has 3 rings (SSSR count). The average Bonchev–Trinajstić information content (AvgIpc) is 2.55. The van der Waals surface area contributed by atoms with E-state index >= 15 is 0 Å². The van der Waals surface area contributed by atoms with Crippen LogP contribution in [-0.2, 0) is 11.2 Å². The Hall–Kier alpha value is -2.62. The van der Waals surface area contributed by atoms with Gasteiger partial charge in [-0.2, -0.15) is 0 Å². The zero-order valence-corrected chi connectivity index (χ0v) is 13.4. The molecule has 1 N–H and O–H groups in total. The van der Waals surface area contributed by atoms with Crippen molar-refractivity contribution in [1.29, 1.82) is 0 Å². The van der Waals surface area contributed by atoms with Crippen molar-refractivity contribution in [3.05, 3.63) is 53.6 Å². The van der Waals surface area contributed by atoms with E-state index in [4.69, 9.17) is 5.21 Å². The van der Waals surface area contributed by atoms with Crippen molar-refractivity contribution in [3.8, 4) is 11.1 Å². The number of hydrogen-bond donors (Lipinski definition) is 1. The summed E-state index contributed by atoms with van der Waals surface area (Å²) in [6, 6.07) is 14.4. The van der Waals surface area contributed by atoms with Crippen LogP contribution in [0.5, 0.6) is 0 Å². The summed E-state index contributed by atoms with van der Waals surface area (Å²) < 4.78 is 0. The Balaban J connectivity index is 1.96. The van der Waals surface area contributed by atoms with Crippen LogP contribution in [0.1, 0.15) is 31.4 Å². The second kappa shape index (κ2) is 6.24. The average molecular weight is 308 g/mol. The van der Waals surface area contributed by atoms with E-state index in [1.54, 1.807) is 6.92 Å². The Kier molecular flexibility index (Phi) is 4.15. The minimum Gasteiger partial charge on any atom is -0.411 e. The smallest absolute Gasteiger partial charge is 0.224 e. The van der Waals surface area contributed by atoms with E-state index in [2.05, 4.69) is 24.2 Å². The Morgan fingerprint density at radius 2 is 1.91 bits per heavy atom. The van der Waals surface area contributed by atoms with E-state index in [0.717, 1.165) is 35.2 Å². The van der Waals surface area contributed by atoms with Crippen LogP contribution in [0.3, 0.4) is 0 Å². The first-order chi connectivity index (χ1) is 11.1. The molecule has 0 aliphatic carbocycles. The van der Waals surface area contributed by atoms with E-state index in [1.165, 1.54) is 11.8 Å². The van der Waals surface area contributed by atoms with Gasteiger partial charge >= 0.3 is 0 Å². The highest BCUT2D eigenvalue weighted by atomic mass is 16.4. The topological polar surface area (TPSA) is 52.9 Å². The summed E-state index contributed by atoms with van der Waals surface area (Å²) in [7, 11) is 0. The molecule has 0 spiro atoms. The zero-order chi connectivity index (χ0) is 16.4. The van der Waals surface area contributed by atoms with Gasteiger partial charge < -0.3 is 10.1 Å². The van der Waals surface area contributed by atoms with Crippen LogP contribution >= 0.6 is 0 Å². The van der Waals surface area contributed by atoms with Crippen molar-refractivity contribution < 1.29 is 10.0 Å². The van der Waals surface area contributed by atoms with Crippen LogP contribution in [-0.4, -0.2) is 23.4 Å². The van der Waals surface area contributed by atoms with Gasteiger partial charge in [0, 0.05) is 18.7 Å². The first-order valence-electron chi connectivity index (χ1n) is 7.80. The number of oxime groups is 1. The van der Waals surface area contributed by atoms with Gasteiger partial charge in [-0.25, -0.2) is 0 Å². The Morgan fingerprint density at radius 3 is 2.57 bits per heavy atom. The van der Waals surface area contributed by atoms with E-state index in [0.29, 0.717) is 0 Å². The van der Waals surface area contributed by atoms with Gasteiger partial charge in [0.05, 0.1) is 6.21 Å². The van der Waals surface area contributed by atoms with Crippen LogP contribution in [0.15, 0.2) is 47.6 Å². The molecule has 0 fully saturated rings. The van der Waals surface area contributed by atoms with E-state index in [9.17, 15) is 4.79 Å². The Morgan fingerprint density at radius 1 is 1.22 bits per heavy atom. The molecule has 0 saturated heterocycles. The quantitative estimate of drug-likeness (QED) is 0.520. The van der Waals surface area contributed by atoms with E-state index in [1.807, 2.05) is 35.2 Å². The molecule has 4 nitrogen and oxygen atoms in total. The van der Waals surface area contributed by atoms with E-state index in [-0.39, 0.29) is 11.9 Å². The molecule has 0 unspecified atom stereocenters. The van der Waals surface area contributed by atoms with E-state index < -0.39 is 0 Å². The number of anilines is 1. The number of fused-ring (bicyclic) bond motifs is 1. The number of rotatable bonds is 2. The minimum atomic E-state index is 0.0962. The summed E-state index contributed by atoms with van der Waals surface area (Å²) in [6.45, 7) is 3.72. The molecule has 23 heavy (non-hydrogen) atoms. The summed E-state index contributed by atoms with van der Waals surface area (Å²) in [5.74, 6) is 0.0962. The van der Waals surface area contributed by atoms with Crippen molar-refractivity contribution in [3.63, 3.8) is 0 Å². The number of benzene rings is 2. The van der Waals surface area contributed by atoms with Gasteiger partial charge in [0.25, 0.3) is 0 Å². The highest BCUT2D eigenvalue weighted by Gasteiger charge is 2.26. The number of carbonyl (C=O) groups is 1. The van der Waals surface area contributed by atoms with Crippen molar-refractivity contribution in [2.75, 3.05) is 4.90 Å². The van der Waals surface area contributed by atoms with Crippen molar-refractivity contribution in [1.82, 2.24) is 0 Å². The molecule has 1 aliphatic heterocycles. The van der Waals surface area contributed by atoms with Crippen LogP contribution in [0.4, 0.5) is 5.69 Å². The third-order valence-corrected chi connectivity index (χ3v) is 4.40. The third-order valence-electron chi connectivity index (χ3n) is 4.40. The lowest BCUT2D eigenvalue weighted by Crippen LogP contribution is -2.40.